The Morgan fingerprint density at radius 3 is 2.31 bits per heavy atom. The summed E-state index contributed by atoms with van der Waals surface area (Å²) in [6.07, 6.45) is 6.30. The third-order valence-corrected chi connectivity index (χ3v) is 6.91. The van der Waals surface area contributed by atoms with Crippen LogP contribution in [-0.2, 0) is 11.3 Å². The number of nitrogens with zero attached hydrogens (tertiary/aromatic N) is 4. The number of thioether (sulfide) groups is 1. The Kier molecular flexibility index (Phi) is 6.81. The predicted molar refractivity (Wildman–Crippen MR) is 122 cm³/mol. The molecule has 154 valence electrons. The molecule has 0 bridgehead atoms. The fourth-order valence-corrected chi connectivity index (χ4v) is 5.33. The van der Waals surface area contributed by atoms with Gasteiger partial charge in [0.1, 0.15) is 21.8 Å². The maximum atomic E-state index is 13.0. The Bertz CT molecular complexity index is 966. The van der Waals surface area contributed by atoms with Gasteiger partial charge in [0.05, 0.1) is 4.91 Å². The zero-order chi connectivity index (χ0) is 21.1. The number of hydrogen-bond donors (Lipinski definition) is 0. The maximum absolute atomic E-state index is 13.0. The van der Waals surface area contributed by atoms with Gasteiger partial charge in [-0.15, -0.1) is 0 Å². The first-order chi connectivity index (χ1) is 13.9. The van der Waals surface area contributed by atoms with Gasteiger partial charge in [0.2, 0.25) is 0 Å². The van der Waals surface area contributed by atoms with Crippen LogP contribution >= 0.6 is 24.0 Å². The number of likely N-dealkylation sites (N-methyl/N-ethyl adjacent to an activating group) is 1. The van der Waals surface area contributed by atoms with Crippen LogP contribution in [0, 0.1) is 18.3 Å². The topological polar surface area (TPSA) is 69.3 Å². The van der Waals surface area contributed by atoms with Gasteiger partial charge in [-0.2, -0.15) is 5.26 Å². The van der Waals surface area contributed by atoms with E-state index in [0.717, 1.165) is 37.3 Å². The monoisotopic (exact) mass is 430 g/mol. The lowest BCUT2D eigenvalue weighted by Gasteiger charge is -2.29. The summed E-state index contributed by atoms with van der Waals surface area (Å²) in [4.78, 5) is 30.1. The lowest BCUT2D eigenvalue weighted by Crippen LogP contribution is -2.35. The number of hydrogen-bond acceptors (Lipinski definition) is 6. The van der Waals surface area contributed by atoms with E-state index in [1.807, 2.05) is 19.9 Å². The molecule has 3 heterocycles. The number of anilines is 1. The van der Waals surface area contributed by atoms with Crippen molar-refractivity contribution in [3.8, 4) is 6.07 Å². The van der Waals surface area contributed by atoms with E-state index in [0.29, 0.717) is 27.9 Å². The van der Waals surface area contributed by atoms with Gasteiger partial charge in [-0.1, -0.05) is 36.8 Å². The molecule has 3 rings (SSSR count). The smallest absolute Gasteiger partial charge is 0.270 e. The molecule has 0 radical (unpaired) electrons. The molecule has 6 nitrogen and oxygen atoms in total. The van der Waals surface area contributed by atoms with E-state index in [2.05, 4.69) is 11.0 Å². The highest BCUT2D eigenvalue weighted by molar-refractivity contribution is 8.26. The van der Waals surface area contributed by atoms with Crippen molar-refractivity contribution in [2.45, 2.75) is 53.0 Å². The van der Waals surface area contributed by atoms with E-state index in [1.165, 1.54) is 24.6 Å². The number of rotatable bonds is 4. The lowest BCUT2D eigenvalue weighted by molar-refractivity contribution is -0.121. The second-order valence-electron chi connectivity index (χ2n) is 7.23. The number of nitriles is 1. The Balaban J connectivity index is 2.25. The van der Waals surface area contributed by atoms with Crippen LogP contribution in [0.2, 0.25) is 0 Å². The van der Waals surface area contributed by atoms with E-state index < -0.39 is 0 Å². The minimum absolute atomic E-state index is 0.114. The Hall–Kier alpha value is -2.11. The molecule has 2 aliphatic rings. The highest BCUT2D eigenvalue weighted by Gasteiger charge is 2.32. The number of thiocarbonyl (C=S) groups is 1. The minimum atomic E-state index is -0.259. The van der Waals surface area contributed by atoms with Gasteiger partial charge in [-0.05, 0) is 45.3 Å². The Morgan fingerprint density at radius 1 is 1.14 bits per heavy atom. The molecule has 8 heteroatoms. The van der Waals surface area contributed by atoms with Crippen molar-refractivity contribution in [2.24, 2.45) is 0 Å². The van der Waals surface area contributed by atoms with Gasteiger partial charge in [0.15, 0.2) is 0 Å². The molecule has 0 aliphatic carbocycles. The number of aromatic nitrogens is 1. The highest BCUT2D eigenvalue weighted by Crippen LogP contribution is 2.36. The fourth-order valence-electron chi connectivity index (χ4n) is 3.96. The molecule has 2 fully saturated rings. The molecule has 1 aromatic heterocycles. The quantitative estimate of drug-likeness (QED) is 0.536. The van der Waals surface area contributed by atoms with Crippen molar-refractivity contribution < 1.29 is 4.79 Å². The van der Waals surface area contributed by atoms with E-state index >= 15 is 0 Å². The van der Waals surface area contributed by atoms with Crippen LogP contribution in [-0.4, -0.2) is 39.3 Å². The third-order valence-electron chi connectivity index (χ3n) is 5.53. The van der Waals surface area contributed by atoms with Crippen LogP contribution in [0.25, 0.3) is 6.08 Å². The largest absolute Gasteiger partial charge is 0.357 e. The summed E-state index contributed by atoms with van der Waals surface area (Å²) < 4.78 is 2.23. The number of pyridine rings is 1. The van der Waals surface area contributed by atoms with Crippen LogP contribution in [0.4, 0.5) is 5.82 Å². The molecule has 0 unspecified atom stereocenters. The van der Waals surface area contributed by atoms with E-state index in [9.17, 15) is 14.9 Å². The van der Waals surface area contributed by atoms with Crippen molar-refractivity contribution in [2.75, 3.05) is 24.5 Å². The van der Waals surface area contributed by atoms with Crippen molar-refractivity contribution in [3.63, 3.8) is 0 Å². The molecule has 0 spiro atoms. The fraction of sp³-hybridized carbons (Fsp3) is 0.524. The van der Waals surface area contributed by atoms with Gasteiger partial charge < -0.3 is 4.90 Å². The summed E-state index contributed by atoms with van der Waals surface area (Å²) in [5.41, 5.74) is 1.29. The molecule has 0 aromatic carbocycles. The molecule has 29 heavy (non-hydrogen) atoms. The zero-order valence-corrected chi connectivity index (χ0v) is 18.8. The number of carbonyl (C=O) groups is 1. The minimum Gasteiger partial charge on any atom is -0.357 e. The van der Waals surface area contributed by atoms with Crippen LogP contribution in [0.1, 0.15) is 56.2 Å². The van der Waals surface area contributed by atoms with E-state index in [4.69, 9.17) is 12.2 Å². The molecule has 0 saturated carbocycles. The third kappa shape index (κ3) is 3.99. The van der Waals surface area contributed by atoms with Crippen LogP contribution in [0.15, 0.2) is 9.70 Å². The summed E-state index contributed by atoms with van der Waals surface area (Å²) in [7, 11) is 0. The number of carbonyl (C=O) groups excluding carboxylic acids is 1. The molecule has 0 atom stereocenters. The van der Waals surface area contributed by atoms with E-state index in [1.54, 1.807) is 16.4 Å². The van der Waals surface area contributed by atoms with Crippen LogP contribution in [0.5, 0.6) is 0 Å². The average Bonchev–Trinajstić information content (AvgIpc) is 2.87. The summed E-state index contributed by atoms with van der Waals surface area (Å²) >= 11 is 6.63. The Morgan fingerprint density at radius 2 is 1.79 bits per heavy atom. The average molecular weight is 431 g/mol. The van der Waals surface area contributed by atoms with Crippen molar-refractivity contribution in [1.29, 1.82) is 5.26 Å². The molecule has 1 amide bonds. The maximum Gasteiger partial charge on any atom is 0.270 e. The Labute approximate surface area is 181 Å². The van der Waals surface area contributed by atoms with Gasteiger partial charge in [0.25, 0.3) is 11.5 Å². The van der Waals surface area contributed by atoms with Crippen molar-refractivity contribution in [1.82, 2.24) is 9.47 Å². The molecular formula is C21H26N4O2S2. The second kappa shape index (κ2) is 9.14. The van der Waals surface area contributed by atoms with E-state index in [-0.39, 0.29) is 17.0 Å². The summed E-state index contributed by atoms with van der Waals surface area (Å²) in [6.45, 7) is 8.33. The summed E-state index contributed by atoms with van der Waals surface area (Å²) in [5, 5.41) is 9.63. The van der Waals surface area contributed by atoms with Gasteiger partial charge in [0, 0.05) is 31.7 Å². The SMILES string of the molecule is CCN1C(=O)C(=Cc2c(C)c(C#N)c(=O)n(CC)c2N2CCCCCC2)SC1=S. The first kappa shape index (κ1) is 21.6. The molecule has 1 aromatic rings. The van der Waals surface area contributed by atoms with Gasteiger partial charge >= 0.3 is 0 Å². The van der Waals surface area contributed by atoms with Gasteiger partial charge in [-0.25, -0.2) is 0 Å². The van der Waals surface area contributed by atoms with Crippen molar-refractivity contribution >= 4 is 46.1 Å². The van der Waals surface area contributed by atoms with Crippen LogP contribution < -0.4 is 10.5 Å². The normalized spacial score (nSPS) is 19.0. The zero-order valence-electron chi connectivity index (χ0n) is 17.2. The molecular weight excluding hydrogens is 404 g/mol. The molecule has 2 aliphatic heterocycles. The first-order valence-corrected chi connectivity index (χ1v) is 11.3. The van der Waals surface area contributed by atoms with Crippen molar-refractivity contribution in [3.05, 3.63) is 31.9 Å². The summed E-state index contributed by atoms with van der Waals surface area (Å²) in [5.74, 6) is 0.703. The first-order valence-electron chi connectivity index (χ1n) is 10.1. The number of amides is 1. The standard InChI is InChI=1S/C21H26N4O2S2/c1-4-24-18(23-10-8-6-7-9-11-23)15(14(3)16(13-22)19(24)26)12-17-20(27)25(5-2)21(28)29-17/h12H,4-11H2,1-3H3. The summed E-state index contributed by atoms with van der Waals surface area (Å²) in [6, 6.07) is 2.08. The predicted octanol–water partition coefficient (Wildman–Crippen LogP) is 3.65. The van der Waals surface area contributed by atoms with Gasteiger partial charge in [-0.3, -0.25) is 19.1 Å². The lowest BCUT2D eigenvalue weighted by atomic mass is 10.0. The van der Waals surface area contributed by atoms with Crippen LogP contribution in [0.3, 0.4) is 0 Å². The highest BCUT2D eigenvalue weighted by atomic mass is 32.2. The molecule has 2 saturated heterocycles. The second-order valence-corrected chi connectivity index (χ2v) is 8.90. The molecule has 0 N–H and O–H groups in total.